The van der Waals surface area contributed by atoms with Crippen molar-refractivity contribution >= 4 is 34.9 Å². The second-order valence-electron chi connectivity index (χ2n) is 6.72. The summed E-state index contributed by atoms with van der Waals surface area (Å²) in [6.45, 7) is 3.95. The third-order valence-electron chi connectivity index (χ3n) is 4.44. The molecule has 1 aliphatic rings. The summed E-state index contributed by atoms with van der Waals surface area (Å²) in [7, 11) is 0. The molecular weight excluding hydrogens is 370 g/mol. The van der Waals surface area contributed by atoms with Gasteiger partial charge < -0.3 is 5.32 Å². The van der Waals surface area contributed by atoms with Gasteiger partial charge in [0.05, 0.1) is 10.7 Å². The third kappa shape index (κ3) is 3.59. The second kappa shape index (κ2) is 7.41. The van der Waals surface area contributed by atoms with E-state index in [0.717, 1.165) is 22.3 Å². The van der Waals surface area contributed by atoms with E-state index in [0.29, 0.717) is 27.9 Å². The summed E-state index contributed by atoms with van der Waals surface area (Å²) >= 11 is 6.23. The van der Waals surface area contributed by atoms with E-state index in [-0.39, 0.29) is 5.91 Å². The van der Waals surface area contributed by atoms with Crippen LogP contribution in [0.4, 0.5) is 5.69 Å². The van der Waals surface area contributed by atoms with Crippen molar-refractivity contribution in [2.45, 2.75) is 13.8 Å². The minimum absolute atomic E-state index is 0.195. The normalized spacial score (nSPS) is 14.0. The number of amidine groups is 2. The largest absolute Gasteiger partial charge is 0.306 e. The fourth-order valence-electron chi connectivity index (χ4n) is 3.23. The first kappa shape index (κ1) is 18.1. The Bertz CT molecular complexity index is 1130. The molecule has 0 bridgehead atoms. The maximum absolute atomic E-state index is 12.8. The van der Waals surface area contributed by atoms with Crippen LogP contribution in [0.5, 0.6) is 0 Å². The summed E-state index contributed by atoms with van der Waals surface area (Å²) in [5.41, 5.74) is 5.03. The van der Waals surface area contributed by atoms with Crippen molar-refractivity contribution in [3.05, 3.63) is 99.6 Å². The molecule has 3 aromatic carbocycles. The van der Waals surface area contributed by atoms with E-state index < -0.39 is 0 Å². The van der Waals surface area contributed by atoms with Gasteiger partial charge in [0.15, 0.2) is 5.84 Å². The number of amides is 1. The van der Waals surface area contributed by atoms with Crippen LogP contribution < -0.4 is 5.32 Å². The van der Waals surface area contributed by atoms with Crippen LogP contribution in [-0.4, -0.2) is 17.6 Å². The van der Waals surface area contributed by atoms with Gasteiger partial charge in [0, 0.05) is 16.7 Å². The van der Waals surface area contributed by atoms with Gasteiger partial charge in [-0.1, -0.05) is 65.2 Å². The zero-order chi connectivity index (χ0) is 19.7. The van der Waals surface area contributed by atoms with Crippen LogP contribution in [0.1, 0.15) is 32.6 Å². The number of hydrogen-bond acceptors (Lipinski definition) is 2. The van der Waals surface area contributed by atoms with Gasteiger partial charge in [0.25, 0.3) is 5.91 Å². The number of carbonyl (C=O) groups excluding carboxylic acids is 1. The van der Waals surface area contributed by atoms with Crippen molar-refractivity contribution < 1.29 is 4.79 Å². The molecule has 0 saturated heterocycles. The van der Waals surface area contributed by atoms with E-state index in [4.69, 9.17) is 11.6 Å². The van der Waals surface area contributed by atoms with Crippen molar-refractivity contribution in [3.63, 3.8) is 0 Å². The molecule has 0 fully saturated rings. The summed E-state index contributed by atoms with van der Waals surface area (Å²) in [6, 6.07) is 20.8. The Hall–Kier alpha value is -3.24. The number of aryl methyl sites for hydroxylation is 2. The monoisotopic (exact) mass is 387 g/mol. The van der Waals surface area contributed by atoms with Crippen molar-refractivity contribution in [2.75, 3.05) is 0 Å². The van der Waals surface area contributed by atoms with E-state index >= 15 is 0 Å². The molecule has 4 nitrogen and oxygen atoms in total. The predicted octanol–water partition coefficient (Wildman–Crippen LogP) is 5.23. The van der Waals surface area contributed by atoms with E-state index in [2.05, 4.69) is 15.3 Å². The average molecular weight is 388 g/mol. The van der Waals surface area contributed by atoms with Crippen LogP contribution in [0.25, 0.3) is 0 Å². The number of benzene rings is 3. The minimum atomic E-state index is -0.195. The molecule has 0 saturated carbocycles. The average Bonchev–Trinajstić information content (AvgIpc) is 3.00. The molecule has 1 heterocycles. The molecule has 4 rings (SSSR count). The highest BCUT2D eigenvalue weighted by atomic mass is 35.5. The molecule has 0 aromatic heterocycles. The summed E-state index contributed by atoms with van der Waals surface area (Å²) < 4.78 is 0. The number of hydrogen-bond donors (Lipinski definition) is 1. The Morgan fingerprint density at radius 1 is 0.929 bits per heavy atom. The molecule has 0 unspecified atom stereocenters. The van der Waals surface area contributed by atoms with E-state index in [1.54, 1.807) is 6.07 Å². The van der Waals surface area contributed by atoms with Gasteiger partial charge in [-0.3, -0.25) is 4.79 Å². The van der Waals surface area contributed by atoms with E-state index in [1.165, 1.54) is 0 Å². The summed E-state index contributed by atoms with van der Waals surface area (Å²) in [4.78, 5) is 22.0. The zero-order valence-electron chi connectivity index (χ0n) is 15.5. The van der Waals surface area contributed by atoms with Crippen LogP contribution in [0.3, 0.4) is 0 Å². The molecule has 28 heavy (non-hydrogen) atoms. The number of carbonyl (C=O) groups is 1. The molecule has 1 aliphatic heterocycles. The maximum atomic E-state index is 12.8. The standard InChI is InChI=1S/C23H18ClN3O/c1-14-11-15(2)13-16(12-14)23(28)27-22-18-8-4-3-7-17(18)21(26-22)25-20-10-6-5-9-19(20)24/h3-13H,1-2H3,(H,25,26,27,28). The number of para-hydroxylation sites is 1. The molecular formula is C23H18ClN3O. The number of rotatable bonds is 2. The van der Waals surface area contributed by atoms with Crippen LogP contribution >= 0.6 is 11.6 Å². The molecule has 1 amide bonds. The van der Waals surface area contributed by atoms with Gasteiger partial charge in [-0.15, -0.1) is 0 Å². The Morgan fingerprint density at radius 2 is 1.57 bits per heavy atom. The SMILES string of the molecule is Cc1cc(C)cc(C(=O)NC2=NC(=Nc3ccccc3Cl)c3ccccc32)c1. The third-order valence-corrected chi connectivity index (χ3v) is 4.76. The smallest absolute Gasteiger partial charge is 0.256 e. The highest BCUT2D eigenvalue weighted by Crippen LogP contribution is 2.27. The van der Waals surface area contributed by atoms with Gasteiger partial charge in [0.1, 0.15) is 5.84 Å². The number of nitrogens with one attached hydrogen (secondary N) is 1. The first-order chi connectivity index (χ1) is 13.5. The summed E-state index contributed by atoms with van der Waals surface area (Å²) in [5.74, 6) is 0.823. The van der Waals surface area contributed by atoms with Crippen molar-refractivity contribution in [1.82, 2.24) is 5.32 Å². The number of fused-ring (bicyclic) bond motifs is 1. The molecule has 0 atom stereocenters. The number of nitrogens with zero attached hydrogens (tertiary/aromatic N) is 2. The molecule has 0 spiro atoms. The van der Waals surface area contributed by atoms with Crippen LogP contribution in [-0.2, 0) is 0 Å². The lowest BCUT2D eigenvalue weighted by molar-refractivity contribution is 0.0977. The molecule has 1 N–H and O–H groups in total. The van der Waals surface area contributed by atoms with Gasteiger partial charge in [0.2, 0.25) is 0 Å². The fourth-order valence-corrected chi connectivity index (χ4v) is 3.41. The molecule has 0 aliphatic carbocycles. The highest BCUT2D eigenvalue weighted by Gasteiger charge is 2.23. The van der Waals surface area contributed by atoms with Crippen molar-refractivity contribution in [3.8, 4) is 0 Å². The van der Waals surface area contributed by atoms with E-state index in [1.807, 2.05) is 74.5 Å². The Morgan fingerprint density at radius 3 is 2.29 bits per heavy atom. The Kier molecular flexibility index (Phi) is 4.80. The molecule has 3 aromatic rings. The maximum Gasteiger partial charge on any atom is 0.256 e. The minimum Gasteiger partial charge on any atom is -0.306 e. The van der Waals surface area contributed by atoms with Crippen LogP contribution in [0, 0.1) is 13.8 Å². The lowest BCUT2D eigenvalue weighted by atomic mass is 10.1. The van der Waals surface area contributed by atoms with Gasteiger partial charge in [-0.2, -0.15) is 0 Å². The highest BCUT2D eigenvalue weighted by molar-refractivity contribution is 6.33. The second-order valence-corrected chi connectivity index (χ2v) is 7.13. The van der Waals surface area contributed by atoms with Gasteiger partial charge >= 0.3 is 0 Å². The Labute approximate surface area is 168 Å². The zero-order valence-corrected chi connectivity index (χ0v) is 16.3. The lowest BCUT2D eigenvalue weighted by Gasteiger charge is -2.07. The number of aliphatic imine (C=N–C) groups is 2. The van der Waals surface area contributed by atoms with Gasteiger partial charge in [-0.05, 0) is 38.1 Å². The first-order valence-corrected chi connectivity index (χ1v) is 9.30. The van der Waals surface area contributed by atoms with Crippen LogP contribution in [0.2, 0.25) is 5.02 Å². The molecule has 0 radical (unpaired) electrons. The molecule has 138 valence electrons. The summed E-state index contributed by atoms with van der Waals surface area (Å²) in [6.07, 6.45) is 0. The van der Waals surface area contributed by atoms with Gasteiger partial charge in [-0.25, -0.2) is 9.98 Å². The first-order valence-electron chi connectivity index (χ1n) is 8.92. The Balaban J connectivity index is 1.71. The van der Waals surface area contributed by atoms with Crippen molar-refractivity contribution in [2.24, 2.45) is 9.98 Å². The quantitative estimate of drug-likeness (QED) is 0.643. The van der Waals surface area contributed by atoms with E-state index in [9.17, 15) is 4.79 Å². The fraction of sp³-hybridized carbons (Fsp3) is 0.0870. The topological polar surface area (TPSA) is 53.8 Å². The number of halogens is 1. The lowest BCUT2D eigenvalue weighted by Crippen LogP contribution is -2.30. The predicted molar refractivity (Wildman–Crippen MR) is 114 cm³/mol. The van der Waals surface area contributed by atoms with Crippen LogP contribution in [0.15, 0.2) is 76.7 Å². The summed E-state index contributed by atoms with van der Waals surface area (Å²) in [5, 5.41) is 3.48. The van der Waals surface area contributed by atoms with Crippen molar-refractivity contribution in [1.29, 1.82) is 0 Å². The molecule has 5 heteroatoms.